The highest BCUT2D eigenvalue weighted by atomic mass is 15.3. The molecule has 0 radical (unpaired) electrons. The molecule has 4 nitrogen and oxygen atoms in total. The lowest BCUT2D eigenvalue weighted by Gasteiger charge is -2.40. The van der Waals surface area contributed by atoms with Gasteiger partial charge in [-0.15, -0.1) is 0 Å². The minimum atomic E-state index is 0.151. The van der Waals surface area contributed by atoms with Gasteiger partial charge in [-0.05, 0) is 26.0 Å². The molecule has 1 aromatic heterocycles. The largest absolute Gasteiger partial charge is 0.329 e. The third kappa shape index (κ3) is 3.07. The van der Waals surface area contributed by atoms with Gasteiger partial charge in [0, 0.05) is 44.0 Å². The maximum Gasteiger partial charge on any atom is 0.0492 e. The van der Waals surface area contributed by atoms with Crippen LogP contribution in [0, 0.1) is 0 Å². The van der Waals surface area contributed by atoms with Crippen LogP contribution >= 0.6 is 0 Å². The lowest BCUT2D eigenvalue weighted by Crippen LogP contribution is -2.51. The third-order valence-corrected chi connectivity index (χ3v) is 4.13. The number of aromatic nitrogens is 2. The molecule has 0 aliphatic carbocycles. The summed E-state index contributed by atoms with van der Waals surface area (Å²) in [6.07, 6.45) is 5.07. The van der Waals surface area contributed by atoms with Gasteiger partial charge in [0.25, 0.3) is 0 Å². The molecular weight excluding hydrogens is 212 g/mol. The maximum absolute atomic E-state index is 5.95. The van der Waals surface area contributed by atoms with Crippen molar-refractivity contribution in [2.24, 2.45) is 12.8 Å². The fraction of sp³-hybridized carbons (Fsp3) is 0.769. The van der Waals surface area contributed by atoms with Gasteiger partial charge in [0.15, 0.2) is 0 Å². The first-order valence-corrected chi connectivity index (χ1v) is 6.47. The molecule has 1 aromatic rings. The average Bonchev–Trinajstić information content (AvgIpc) is 2.75. The van der Waals surface area contributed by atoms with Crippen molar-refractivity contribution in [3.8, 4) is 0 Å². The van der Waals surface area contributed by atoms with Gasteiger partial charge >= 0.3 is 0 Å². The standard InChI is InChI=1S/C13H26N4/c1-5-13(6-2,11-14)16(3)10-8-12-7-9-15-17(12)4/h7,9H,5-6,8,10-11,14H2,1-4H3. The average molecular weight is 238 g/mol. The lowest BCUT2D eigenvalue weighted by atomic mass is 9.91. The first kappa shape index (κ1) is 14.2. The van der Waals surface area contributed by atoms with Gasteiger partial charge in [-0.3, -0.25) is 9.58 Å². The molecule has 0 saturated heterocycles. The Kier molecular flexibility index (Phi) is 5.15. The zero-order chi connectivity index (χ0) is 12.9. The van der Waals surface area contributed by atoms with E-state index in [2.05, 4.69) is 37.0 Å². The van der Waals surface area contributed by atoms with Crippen molar-refractivity contribution in [3.05, 3.63) is 18.0 Å². The molecule has 0 aliphatic rings. The van der Waals surface area contributed by atoms with Crippen LogP contribution < -0.4 is 5.73 Å². The Morgan fingerprint density at radius 3 is 2.47 bits per heavy atom. The topological polar surface area (TPSA) is 47.1 Å². The van der Waals surface area contributed by atoms with E-state index in [9.17, 15) is 0 Å². The van der Waals surface area contributed by atoms with E-state index in [0.29, 0.717) is 0 Å². The zero-order valence-corrected chi connectivity index (χ0v) is 11.6. The number of nitrogens with zero attached hydrogens (tertiary/aromatic N) is 3. The maximum atomic E-state index is 5.95. The summed E-state index contributed by atoms with van der Waals surface area (Å²) in [5.41, 5.74) is 7.37. The van der Waals surface area contributed by atoms with E-state index < -0.39 is 0 Å². The molecule has 0 atom stereocenters. The molecule has 1 rings (SSSR count). The smallest absolute Gasteiger partial charge is 0.0492 e. The molecule has 0 saturated carbocycles. The molecule has 0 bridgehead atoms. The molecule has 0 aromatic carbocycles. The Morgan fingerprint density at radius 1 is 1.41 bits per heavy atom. The van der Waals surface area contributed by atoms with Gasteiger partial charge in [0.1, 0.15) is 0 Å². The summed E-state index contributed by atoms with van der Waals surface area (Å²) in [6.45, 7) is 6.19. The Bertz CT molecular complexity index is 320. The van der Waals surface area contributed by atoms with Crippen LogP contribution in [-0.2, 0) is 13.5 Å². The summed E-state index contributed by atoms with van der Waals surface area (Å²) < 4.78 is 1.94. The van der Waals surface area contributed by atoms with E-state index >= 15 is 0 Å². The van der Waals surface area contributed by atoms with Gasteiger partial charge in [0.2, 0.25) is 0 Å². The van der Waals surface area contributed by atoms with Gasteiger partial charge in [0.05, 0.1) is 0 Å². The second-order valence-electron chi connectivity index (χ2n) is 4.75. The molecule has 4 heteroatoms. The normalized spacial score (nSPS) is 12.4. The monoisotopic (exact) mass is 238 g/mol. The predicted molar refractivity (Wildman–Crippen MR) is 71.9 cm³/mol. The highest BCUT2D eigenvalue weighted by Gasteiger charge is 2.28. The summed E-state index contributed by atoms with van der Waals surface area (Å²) in [7, 11) is 4.17. The molecule has 2 N–H and O–H groups in total. The van der Waals surface area contributed by atoms with Crippen LogP contribution in [0.1, 0.15) is 32.4 Å². The van der Waals surface area contributed by atoms with Crippen LogP contribution in [0.2, 0.25) is 0 Å². The fourth-order valence-corrected chi connectivity index (χ4v) is 2.40. The Balaban J connectivity index is 2.59. The van der Waals surface area contributed by atoms with Gasteiger partial charge < -0.3 is 5.73 Å². The fourth-order valence-electron chi connectivity index (χ4n) is 2.40. The Morgan fingerprint density at radius 2 is 2.06 bits per heavy atom. The predicted octanol–water partition coefficient (Wildman–Crippen LogP) is 1.41. The molecule has 0 spiro atoms. The molecule has 0 fully saturated rings. The number of likely N-dealkylation sites (N-methyl/N-ethyl adjacent to an activating group) is 1. The van der Waals surface area contributed by atoms with Gasteiger partial charge in [-0.2, -0.15) is 5.10 Å². The molecule has 0 amide bonds. The number of nitrogens with two attached hydrogens (primary N) is 1. The molecule has 98 valence electrons. The Hall–Kier alpha value is -0.870. The van der Waals surface area contributed by atoms with Crippen molar-refractivity contribution in [2.45, 2.75) is 38.6 Å². The van der Waals surface area contributed by atoms with Crippen LogP contribution in [0.25, 0.3) is 0 Å². The highest BCUT2D eigenvalue weighted by molar-refractivity contribution is 5.01. The van der Waals surface area contributed by atoms with E-state index in [1.165, 1.54) is 5.69 Å². The number of rotatable bonds is 7. The van der Waals surface area contributed by atoms with E-state index in [-0.39, 0.29) is 5.54 Å². The minimum Gasteiger partial charge on any atom is -0.329 e. The van der Waals surface area contributed by atoms with Crippen molar-refractivity contribution in [3.63, 3.8) is 0 Å². The van der Waals surface area contributed by atoms with Crippen molar-refractivity contribution in [1.82, 2.24) is 14.7 Å². The van der Waals surface area contributed by atoms with Crippen molar-refractivity contribution < 1.29 is 0 Å². The second-order valence-corrected chi connectivity index (χ2v) is 4.75. The molecule has 0 aliphatic heterocycles. The van der Waals surface area contributed by atoms with E-state index in [1.54, 1.807) is 0 Å². The molecule has 17 heavy (non-hydrogen) atoms. The van der Waals surface area contributed by atoms with Crippen LogP contribution in [0.3, 0.4) is 0 Å². The second kappa shape index (κ2) is 6.17. The van der Waals surface area contributed by atoms with Gasteiger partial charge in [-0.25, -0.2) is 0 Å². The van der Waals surface area contributed by atoms with Crippen molar-refractivity contribution in [2.75, 3.05) is 20.1 Å². The highest BCUT2D eigenvalue weighted by Crippen LogP contribution is 2.21. The van der Waals surface area contributed by atoms with Crippen LogP contribution in [0.4, 0.5) is 0 Å². The summed E-state index contributed by atoms with van der Waals surface area (Å²) in [5, 5.41) is 4.19. The van der Waals surface area contributed by atoms with Crippen molar-refractivity contribution >= 4 is 0 Å². The summed E-state index contributed by atoms with van der Waals surface area (Å²) in [5.74, 6) is 0. The summed E-state index contributed by atoms with van der Waals surface area (Å²) in [6, 6.07) is 2.08. The van der Waals surface area contributed by atoms with Crippen LogP contribution in [0.15, 0.2) is 12.3 Å². The minimum absolute atomic E-state index is 0.151. The van der Waals surface area contributed by atoms with E-state index in [1.807, 2.05) is 17.9 Å². The molecular formula is C13H26N4. The molecule has 1 heterocycles. The quantitative estimate of drug-likeness (QED) is 0.781. The first-order chi connectivity index (χ1) is 8.09. The van der Waals surface area contributed by atoms with Crippen LogP contribution in [-0.4, -0.2) is 40.4 Å². The van der Waals surface area contributed by atoms with E-state index in [4.69, 9.17) is 5.73 Å². The first-order valence-electron chi connectivity index (χ1n) is 6.47. The van der Waals surface area contributed by atoms with Crippen LogP contribution in [0.5, 0.6) is 0 Å². The van der Waals surface area contributed by atoms with E-state index in [0.717, 1.165) is 32.4 Å². The molecule has 0 unspecified atom stereocenters. The summed E-state index contributed by atoms with van der Waals surface area (Å²) >= 11 is 0. The Labute approximate surface area is 105 Å². The SMILES string of the molecule is CCC(CC)(CN)N(C)CCc1ccnn1C. The summed E-state index contributed by atoms with van der Waals surface area (Å²) in [4.78, 5) is 2.40. The number of aryl methyl sites for hydroxylation is 1. The van der Waals surface area contributed by atoms with Crippen molar-refractivity contribution in [1.29, 1.82) is 0 Å². The number of hydrogen-bond acceptors (Lipinski definition) is 3. The zero-order valence-electron chi connectivity index (χ0n) is 11.6. The van der Waals surface area contributed by atoms with Gasteiger partial charge in [-0.1, -0.05) is 13.8 Å². The third-order valence-electron chi connectivity index (χ3n) is 4.13. The number of hydrogen-bond donors (Lipinski definition) is 1. The lowest BCUT2D eigenvalue weighted by molar-refractivity contribution is 0.116.